The molecule has 0 radical (unpaired) electrons. The summed E-state index contributed by atoms with van der Waals surface area (Å²) >= 11 is 6.19. The first-order chi connectivity index (χ1) is 14.6. The Hall–Kier alpha value is -2.20. The molecule has 7 nitrogen and oxygen atoms in total. The van der Waals surface area contributed by atoms with Crippen LogP contribution in [0.5, 0.6) is 5.75 Å². The maximum Gasteiger partial charge on any atom is 0.330 e. The second-order valence-corrected chi connectivity index (χ2v) is 10.1. The van der Waals surface area contributed by atoms with Crippen molar-refractivity contribution in [1.82, 2.24) is 4.31 Å². The normalized spacial score (nSPS) is 22.6. The molecular formula is C21H22ClFN2O5S. The number of hydrogen-bond donors (Lipinski definition) is 0. The van der Waals surface area contributed by atoms with E-state index in [-0.39, 0.29) is 29.5 Å². The first kappa shape index (κ1) is 22.0. The number of fused-ring (bicyclic) bond motifs is 2. The summed E-state index contributed by atoms with van der Waals surface area (Å²) in [6.45, 7) is 3.25. The van der Waals surface area contributed by atoms with E-state index in [0.29, 0.717) is 21.8 Å². The predicted molar refractivity (Wildman–Crippen MR) is 113 cm³/mol. The summed E-state index contributed by atoms with van der Waals surface area (Å²) in [6, 6.07) is 4.68. The van der Waals surface area contributed by atoms with Gasteiger partial charge in [-0.1, -0.05) is 24.6 Å². The average Bonchev–Trinajstić information content (AvgIpc) is 2.68. The quantitative estimate of drug-likeness (QED) is 0.507. The highest BCUT2D eigenvalue weighted by Crippen LogP contribution is 2.44. The van der Waals surface area contributed by atoms with Crippen LogP contribution in [0, 0.1) is 12.7 Å². The number of sulfonamides is 1. The van der Waals surface area contributed by atoms with Crippen LogP contribution in [0.4, 0.5) is 10.1 Å². The minimum atomic E-state index is -4.15. The molecule has 0 bridgehead atoms. The smallest absolute Gasteiger partial charge is 0.330 e. The standard InChI is InChI=1S/C21H22ClFN2O5S/c1-11-5-6-15(23)17-12(2)18(21(26)30-19(11)17)25-10-24(3)16-8-14(22)7-13(9-29-4)20(16)31(25,27)28/h5-8,12,18H,9-10H2,1-4H3/t12?,18-/m0/s1. The van der Waals surface area contributed by atoms with E-state index in [1.807, 2.05) is 0 Å². The van der Waals surface area contributed by atoms with Crippen molar-refractivity contribution in [1.29, 1.82) is 0 Å². The van der Waals surface area contributed by atoms with Gasteiger partial charge in [-0.2, -0.15) is 4.31 Å². The van der Waals surface area contributed by atoms with Gasteiger partial charge in [0.2, 0.25) is 10.0 Å². The Bertz CT molecular complexity index is 1190. The van der Waals surface area contributed by atoms with Crippen LogP contribution in [0.15, 0.2) is 29.2 Å². The SMILES string of the molecule is COCc1cc(Cl)cc2c1S(=O)(=O)N([C@@H]1C(=O)Oc3c(C)ccc(F)c3C1C)CN2C. The van der Waals surface area contributed by atoms with Crippen molar-refractivity contribution < 1.29 is 27.1 Å². The molecule has 1 unspecified atom stereocenters. The van der Waals surface area contributed by atoms with Gasteiger partial charge in [0.1, 0.15) is 22.5 Å². The van der Waals surface area contributed by atoms with Gasteiger partial charge in [-0.3, -0.25) is 0 Å². The number of carbonyl (C=O) groups is 1. The van der Waals surface area contributed by atoms with Gasteiger partial charge in [-0.05, 0) is 30.7 Å². The monoisotopic (exact) mass is 468 g/mol. The molecule has 0 spiro atoms. The van der Waals surface area contributed by atoms with Crippen LogP contribution in [0.1, 0.15) is 29.5 Å². The minimum Gasteiger partial charge on any atom is -0.425 e. The lowest BCUT2D eigenvalue weighted by Gasteiger charge is -2.42. The van der Waals surface area contributed by atoms with Crippen LogP contribution in [-0.4, -0.2) is 45.6 Å². The molecule has 2 atom stereocenters. The fourth-order valence-corrected chi connectivity index (χ4v) is 6.62. The summed E-state index contributed by atoms with van der Waals surface area (Å²) in [4.78, 5) is 14.7. The number of benzene rings is 2. The van der Waals surface area contributed by atoms with E-state index >= 15 is 0 Å². The van der Waals surface area contributed by atoms with Gasteiger partial charge in [0.05, 0.1) is 19.0 Å². The average molecular weight is 469 g/mol. The predicted octanol–water partition coefficient (Wildman–Crippen LogP) is 3.42. The summed E-state index contributed by atoms with van der Waals surface area (Å²) in [5.41, 5.74) is 1.59. The highest BCUT2D eigenvalue weighted by Gasteiger charge is 2.49. The number of aryl methyl sites for hydroxylation is 1. The third-order valence-electron chi connectivity index (χ3n) is 5.76. The topological polar surface area (TPSA) is 76.2 Å². The van der Waals surface area contributed by atoms with Crippen molar-refractivity contribution in [2.24, 2.45) is 0 Å². The molecule has 0 saturated carbocycles. The molecule has 166 valence electrons. The molecular weight excluding hydrogens is 447 g/mol. The molecule has 2 aliphatic rings. The lowest BCUT2D eigenvalue weighted by Crippen LogP contribution is -2.56. The Kier molecular flexibility index (Phi) is 5.49. The summed E-state index contributed by atoms with van der Waals surface area (Å²) in [6.07, 6.45) is 0. The molecule has 0 saturated heterocycles. The van der Waals surface area contributed by atoms with E-state index < -0.39 is 33.8 Å². The van der Waals surface area contributed by atoms with Crippen molar-refractivity contribution in [3.8, 4) is 5.75 Å². The number of hydrogen-bond acceptors (Lipinski definition) is 6. The molecule has 2 aliphatic heterocycles. The van der Waals surface area contributed by atoms with E-state index in [1.165, 1.54) is 25.3 Å². The first-order valence-electron chi connectivity index (χ1n) is 9.63. The Morgan fingerprint density at radius 2 is 2.03 bits per heavy atom. The molecule has 0 aromatic heterocycles. The zero-order valence-corrected chi connectivity index (χ0v) is 19.1. The first-order valence-corrected chi connectivity index (χ1v) is 11.4. The zero-order valence-electron chi connectivity index (χ0n) is 17.5. The molecule has 0 amide bonds. The van der Waals surface area contributed by atoms with Gasteiger partial charge >= 0.3 is 5.97 Å². The van der Waals surface area contributed by atoms with Gasteiger partial charge in [-0.25, -0.2) is 17.6 Å². The van der Waals surface area contributed by atoms with E-state index in [2.05, 4.69) is 0 Å². The van der Waals surface area contributed by atoms with Gasteiger partial charge < -0.3 is 14.4 Å². The molecule has 2 aromatic rings. The molecule has 10 heteroatoms. The molecule has 2 heterocycles. The lowest BCUT2D eigenvalue weighted by atomic mass is 9.88. The number of methoxy groups -OCH3 is 1. The van der Waals surface area contributed by atoms with Crippen LogP contribution in [-0.2, 0) is 26.2 Å². The molecule has 0 aliphatic carbocycles. The van der Waals surface area contributed by atoms with Crippen LogP contribution in [0.3, 0.4) is 0 Å². The third kappa shape index (κ3) is 3.40. The molecule has 0 N–H and O–H groups in total. The second kappa shape index (κ2) is 7.74. The van der Waals surface area contributed by atoms with E-state index in [9.17, 15) is 17.6 Å². The zero-order chi connectivity index (χ0) is 22.7. The van der Waals surface area contributed by atoms with Gasteiger partial charge in [0.25, 0.3) is 0 Å². The largest absolute Gasteiger partial charge is 0.425 e. The fraction of sp³-hybridized carbons (Fsp3) is 0.381. The maximum absolute atomic E-state index is 14.7. The number of carbonyl (C=O) groups excluding carboxylic acids is 1. The number of esters is 1. The molecule has 4 rings (SSSR count). The van der Waals surface area contributed by atoms with Crippen molar-refractivity contribution in [3.05, 3.63) is 51.8 Å². The molecule has 2 aromatic carbocycles. The van der Waals surface area contributed by atoms with E-state index in [1.54, 1.807) is 31.9 Å². The van der Waals surface area contributed by atoms with Gasteiger partial charge in [0, 0.05) is 36.2 Å². The number of ether oxygens (including phenoxy) is 2. The minimum absolute atomic E-state index is 0.0167. The van der Waals surface area contributed by atoms with Crippen LogP contribution in [0.25, 0.3) is 0 Å². The summed E-state index contributed by atoms with van der Waals surface area (Å²) < 4.78 is 53.8. The second-order valence-electron chi connectivity index (χ2n) is 7.84. The van der Waals surface area contributed by atoms with Crippen molar-refractivity contribution in [2.75, 3.05) is 25.7 Å². The van der Waals surface area contributed by atoms with Gasteiger partial charge in [0.15, 0.2) is 0 Å². The molecule has 0 fully saturated rings. The summed E-state index contributed by atoms with van der Waals surface area (Å²) in [5, 5.41) is 0.373. The van der Waals surface area contributed by atoms with Gasteiger partial charge in [-0.15, -0.1) is 0 Å². The summed E-state index contributed by atoms with van der Waals surface area (Å²) in [5.74, 6) is -1.88. The van der Waals surface area contributed by atoms with Crippen LogP contribution in [0.2, 0.25) is 5.02 Å². The number of halogens is 2. The highest BCUT2D eigenvalue weighted by molar-refractivity contribution is 7.89. The Morgan fingerprint density at radius 1 is 1.32 bits per heavy atom. The van der Waals surface area contributed by atoms with Crippen LogP contribution >= 0.6 is 11.6 Å². The van der Waals surface area contributed by atoms with Crippen molar-refractivity contribution in [3.63, 3.8) is 0 Å². The van der Waals surface area contributed by atoms with Crippen molar-refractivity contribution >= 4 is 33.3 Å². The van der Waals surface area contributed by atoms with Crippen molar-refractivity contribution in [2.45, 2.75) is 37.3 Å². The Morgan fingerprint density at radius 3 is 2.71 bits per heavy atom. The van der Waals surface area contributed by atoms with E-state index in [4.69, 9.17) is 21.1 Å². The maximum atomic E-state index is 14.7. The van der Waals surface area contributed by atoms with E-state index in [0.717, 1.165) is 4.31 Å². The Balaban J connectivity index is 1.87. The highest BCUT2D eigenvalue weighted by atomic mass is 35.5. The fourth-order valence-electron chi connectivity index (χ4n) is 4.33. The number of anilines is 1. The Labute approximate surface area is 185 Å². The lowest BCUT2D eigenvalue weighted by molar-refractivity contribution is -0.141. The summed E-state index contributed by atoms with van der Waals surface area (Å²) in [7, 11) is -0.996. The number of nitrogens with zero attached hydrogens (tertiary/aromatic N) is 2. The third-order valence-corrected chi connectivity index (χ3v) is 7.93. The molecule has 31 heavy (non-hydrogen) atoms. The van der Waals surface area contributed by atoms with Crippen LogP contribution < -0.4 is 9.64 Å². The number of rotatable bonds is 3.